The molecular formula is C13H21N3O3S. The second-order valence-electron chi connectivity index (χ2n) is 5.61. The van der Waals surface area contributed by atoms with Gasteiger partial charge in [-0.2, -0.15) is 0 Å². The van der Waals surface area contributed by atoms with Crippen LogP contribution in [0.4, 0.5) is 0 Å². The number of rotatable bonds is 5. The van der Waals surface area contributed by atoms with Crippen LogP contribution in [0.3, 0.4) is 0 Å². The largest absolute Gasteiger partial charge is 0.469 e. The van der Waals surface area contributed by atoms with E-state index in [0.29, 0.717) is 30.0 Å². The summed E-state index contributed by atoms with van der Waals surface area (Å²) in [5, 5.41) is 4.06. The quantitative estimate of drug-likeness (QED) is 0.776. The molecule has 0 aliphatic carbocycles. The van der Waals surface area contributed by atoms with Crippen LogP contribution in [0, 0.1) is 0 Å². The smallest absolute Gasteiger partial charge is 0.305 e. The monoisotopic (exact) mass is 299 g/mol. The van der Waals surface area contributed by atoms with Crippen LogP contribution in [0.25, 0.3) is 0 Å². The first-order valence-electron chi connectivity index (χ1n) is 6.42. The van der Waals surface area contributed by atoms with Crippen molar-refractivity contribution < 1.29 is 14.3 Å². The molecule has 0 saturated carbocycles. The number of methoxy groups -OCH3 is 1. The van der Waals surface area contributed by atoms with Crippen LogP contribution in [0.15, 0.2) is 0 Å². The lowest BCUT2D eigenvalue weighted by Gasteiger charge is -2.20. The summed E-state index contributed by atoms with van der Waals surface area (Å²) in [6.07, 6.45) is 0.882. The molecule has 0 bridgehead atoms. The molecule has 1 heterocycles. The van der Waals surface area contributed by atoms with Gasteiger partial charge in [0.1, 0.15) is 4.88 Å². The van der Waals surface area contributed by atoms with Crippen molar-refractivity contribution in [3.63, 3.8) is 0 Å². The van der Waals surface area contributed by atoms with E-state index in [0.717, 1.165) is 11.5 Å². The first kappa shape index (κ1) is 16.6. The maximum Gasteiger partial charge on any atom is 0.305 e. The molecule has 1 aromatic rings. The molecule has 20 heavy (non-hydrogen) atoms. The van der Waals surface area contributed by atoms with Gasteiger partial charge in [-0.3, -0.25) is 9.59 Å². The molecule has 0 aromatic carbocycles. The zero-order valence-corrected chi connectivity index (χ0v) is 13.4. The minimum absolute atomic E-state index is 0.102. The van der Waals surface area contributed by atoms with Crippen LogP contribution in [-0.4, -0.2) is 47.1 Å². The number of hydrogen-bond acceptors (Lipinski definition) is 6. The number of nitrogens with zero attached hydrogens (tertiary/aromatic N) is 3. The standard InChI is InChI=1S/C13H21N3O3S/c1-13(2,3)11-10(20-15-14-11)12(18)16(4)8-6-7-9(17)19-5/h6-8H2,1-5H3. The lowest BCUT2D eigenvalue weighted by atomic mass is 9.91. The summed E-state index contributed by atoms with van der Waals surface area (Å²) in [6.45, 7) is 6.49. The van der Waals surface area contributed by atoms with E-state index in [9.17, 15) is 9.59 Å². The lowest BCUT2D eigenvalue weighted by molar-refractivity contribution is -0.140. The maximum atomic E-state index is 12.4. The number of hydrogen-bond donors (Lipinski definition) is 0. The Morgan fingerprint density at radius 1 is 1.35 bits per heavy atom. The fourth-order valence-electron chi connectivity index (χ4n) is 1.66. The van der Waals surface area contributed by atoms with E-state index in [1.807, 2.05) is 20.8 Å². The van der Waals surface area contributed by atoms with Crippen molar-refractivity contribution in [2.45, 2.75) is 39.0 Å². The van der Waals surface area contributed by atoms with Crippen molar-refractivity contribution in [1.82, 2.24) is 14.5 Å². The van der Waals surface area contributed by atoms with Crippen molar-refractivity contribution in [2.75, 3.05) is 20.7 Å². The highest BCUT2D eigenvalue weighted by molar-refractivity contribution is 7.08. The van der Waals surface area contributed by atoms with E-state index in [-0.39, 0.29) is 17.3 Å². The second-order valence-corrected chi connectivity index (χ2v) is 6.36. The lowest BCUT2D eigenvalue weighted by Crippen LogP contribution is -2.29. The third-order valence-corrected chi connectivity index (χ3v) is 3.56. The molecule has 0 aliphatic heterocycles. The van der Waals surface area contributed by atoms with Gasteiger partial charge in [-0.25, -0.2) is 0 Å². The van der Waals surface area contributed by atoms with Crippen molar-refractivity contribution in [2.24, 2.45) is 0 Å². The van der Waals surface area contributed by atoms with Crippen LogP contribution in [0.2, 0.25) is 0 Å². The van der Waals surface area contributed by atoms with Crippen molar-refractivity contribution >= 4 is 23.4 Å². The zero-order chi connectivity index (χ0) is 15.3. The second kappa shape index (κ2) is 6.78. The van der Waals surface area contributed by atoms with Gasteiger partial charge < -0.3 is 9.64 Å². The fourth-order valence-corrected chi connectivity index (χ4v) is 2.53. The van der Waals surface area contributed by atoms with Crippen molar-refractivity contribution in [3.8, 4) is 0 Å². The van der Waals surface area contributed by atoms with Gasteiger partial charge in [0.25, 0.3) is 5.91 Å². The minimum Gasteiger partial charge on any atom is -0.469 e. The predicted molar refractivity (Wildman–Crippen MR) is 76.8 cm³/mol. The Hall–Kier alpha value is -1.50. The highest BCUT2D eigenvalue weighted by Gasteiger charge is 2.27. The summed E-state index contributed by atoms with van der Waals surface area (Å²) in [5.41, 5.74) is 0.498. The van der Waals surface area contributed by atoms with Gasteiger partial charge in [-0.15, -0.1) is 5.10 Å². The first-order chi connectivity index (χ1) is 9.27. The Kier molecular flexibility index (Phi) is 5.62. The molecule has 0 fully saturated rings. The SMILES string of the molecule is COC(=O)CCCN(C)C(=O)c1snnc1C(C)(C)C. The third kappa shape index (κ3) is 4.26. The Morgan fingerprint density at radius 2 is 2.00 bits per heavy atom. The summed E-state index contributed by atoms with van der Waals surface area (Å²) in [4.78, 5) is 25.6. The maximum absolute atomic E-state index is 12.4. The highest BCUT2D eigenvalue weighted by atomic mass is 32.1. The van der Waals surface area contributed by atoms with Crippen LogP contribution >= 0.6 is 11.5 Å². The van der Waals surface area contributed by atoms with Crippen LogP contribution in [-0.2, 0) is 14.9 Å². The number of ether oxygens (including phenoxy) is 1. The molecule has 7 heteroatoms. The Morgan fingerprint density at radius 3 is 2.55 bits per heavy atom. The summed E-state index contributed by atoms with van der Waals surface area (Å²) >= 11 is 1.11. The van der Waals surface area contributed by atoms with Crippen LogP contribution in [0.1, 0.15) is 49.0 Å². The van der Waals surface area contributed by atoms with E-state index in [1.54, 1.807) is 11.9 Å². The molecule has 0 N–H and O–H groups in total. The molecule has 1 aromatic heterocycles. The Bertz CT molecular complexity index is 479. The third-order valence-electron chi connectivity index (χ3n) is 2.84. The average molecular weight is 299 g/mol. The molecular weight excluding hydrogens is 278 g/mol. The molecule has 0 saturated heterocycles. The van der Waals surface area contributed by atoms with Crippen LogP contribution < -0.4 is 0 Å². The molecule has 0 spiro atoms. The predicted octanol–water partition coefficient (Wildman–Crippen LogP) is 1.86. The molecule has 0 radical (unpaired) electrons. The van der Waals surface area contributed by atoms with Gasteiger partial charge in [0.05, 0.1) is 12.8 Å². The number of aromatic nitrogens is 2. The van der Waals surface area contributed by atoms with Gasteiger partial charge in [0.15, 0.2) is 0 Å². The Labute approximate surface area is 123 Å². The van der Waals surface area contributed by atoms with Crippen molar-refractivity contribution in [3.05, 3.63) is 10.6 Å². The first-order valence-corrected chi connectivity index (χ1v) is 7.19. The van der Waals surface area contributed by atoms with Gasteiger partial charge in [0, 0.05) is 25.4 Å². The van der Waals surface area contributed by atoms with E-state index in [1.165, 1.54) is 7.11 Å². The van der Waals surface area contributed by atoms with Crippen LogP contribution in [0.5, 0.6) is 0 Å². The molecule has 0 unspecified atom stereocenters. The van der Waals surface area contributed by atoms with E-state index < -0.39 is 0 Å². The summed E-state index contributed by atoms with van der Waals surface area (Å²) in [7, 11) is 3.07. The minimum atomic E-state index is -0.263. The zero-order valence-electron chi connectivity index (χ0n) is 12.6. The normalized spacial score (nSPS) is 11.2. The molecule has 0 aliphatic rings. The summed E-state index contributed by atoms with van der Waals surface area (Å²) in [6, 6.07) is 0. The molecule has 6 nitrogen and oxygen atoms in total. The topological polar surface area (TPSA) is 72.4 Å². The van der Waals surface area contributed by atoms with Gasteiger partial charge in [-0.05, 0) is 18.0 Å². The van der Waals surface area contributed by atoms with Gasteiger partial charge >= 0.3 is 5.97 Å². The number of amides is 1. The number of carbonyl (C=O) groups is 2. The van der Waals surface area contributed by atoms with Gasteiger partial charge in [0.2, 0.25) is 0 Å². The van der Waals surface area contributed by atoms with E-state index in [2.05, 4.69) is 14.3 Å². The molecule has 112 valence electrons. The fraction of sp³-hybridized carbons (Fsp3) is 0.692. The molecule has 0 atom stereocenters. The molecule has 1 amide bonds. The number of carbonyl (C=O) groups excluding carboxylic acids is 2. The van der Waals surface area contributed by atoms with E-state index in [4.69, 9.17) is 0 Å². The van der Waals surface area contributed by atoms with Gasteiger partial charge in [-0.1, -0.05) is 25.3 Å². The van der Waals surface area contributed by atoms with E-state index >= 15 is 0 Å². The molecule has 1 rings (SSSR count). The highest BCUT2D eigenvalue weighted by Crippen LogP contribution is 2.26. The number of esters is 1. The van der Waals surface area contributed by atoms with Crippen molar-refractivity contribution in [1.29, 1.82) is 0 Å². The summed E-state index contributed by atoms with van der Waals surface area (Å²) < 4.78 is 8.45. The average Bonchev–Trinajstić information content (AvgIpc) is 2.86. The summed E-state index contributed by atoms with van der Waals surface area (Å²) in [5.74, 6) is -0.365. The Balaban J connectivity index is 2.66.